The van der Waals surface area contributed by atoms with Gasteiger partial charge in [0, 0.05) is 12.6 Å². The van der Waals surface area contributed by atoms with Crippen molar-refractivity contribution in [3.63, 3.8) is 0 Å². The average molecular weight is 216 g/mol. The van der Waals surface area contributed by atoms with E-state index in [1.165, 1.54) is 12.8 Å². The molecule has 2 heterocycles. The molecular weight excluding hydrogens is 200 g/mol. The molecule has 1 unspecified atom stereocenters. The van der Waals surface area contributed by atoms with Crippen LogP contribution in [-0.4, -0.2) is 22.8 Å². The number of aromatic nitrogens is 2. The molecule has 1 atom stereocenters. The van der Waals surface area contributed by atoms with Crippen molar-refractivity contribution in [3.05, 3.63) is 16.8 Å². The molecule has 84 valence electrons. The van der Waals surface area contributed by atoms with Gasteiger partial charge in [0.25, 0.3) is 0 Å². The Morgan fingerprint density at radius 1 is 1.38 bits per heavy atom. The van der Waals surface area contributed by atoms with Gasteiger partial charge in [-0.25, -0.2) is 0 Å². The second kappa shape index (κ2) is 4.09. The van der Waals surface area contributed by atoms with Crippen LogP contribution in [0.3, 0.4) is 0 Å². The molecule has 2 rings (SSSR count). The Balaban J connectivity index is 2.49. The molecule has 0 N–H and O–H groups in total. The zero-order valence-corrected chi connectivity index (χ0v) is 9.99. The fourth-order valence-electron chi connectivity index (χ4n) is 2.18. The number of anilines is 1. The number of nitriles is 1. The lowest BCUT2D eigenvalue weighted by Gasteiger charge is -2.23. The van der Waals surface area contributed by atoms with Crippen LogP contribution in [0.2, 0.25) is 0 Å². The van der Waals surface area contributed by atoms with Crippen molar-refractivity contribution in [1.82, 2.24) is 10.2 Å². The highest BCUT2D eigenvalue weighted by molar-refractivity contribution is 5.58. The van der Waals surface area contributed by atoms with Crippen molar-refractivity contribution in [2.45, 2.75) is 39.7 Å². The quantitative estimate of drug-likeness (QED) is 0.720. The van der Waals surface area contributed by atoms with Gasteiger partial charge in [-0.05, 0) is 39.2 Å². The minimum absolute atomic E-state index is 0.462. The molecule has 0 spiro atoms. The third kappa shape index (κ3) is 1.63. The summed E-state index contributed by atoms with van der Waals surface area (Å²) in [5.74, 6) is 0.760. The van der Waals surface area contributed by atoms with Gasteiger partial charge in [0.1, 0.15) is 11.6 Å². The second-order valence-electron chi connectivity index (χ2n) is 4.41. The lowest BCUT2D eigenvalue weighted by Crippen LogP contribution is -2.28. The lowest BCUT2D eigenvalue weighted by molar-refractivity contribution is 0.717. The zero-order chi connectivity index (χ0) is 11.7. The van der Waals surface area contributed by atoms with Gasteiger partial charge in [0.2, 0.25) is 0 Å². The van der Waals surface area contributed by atoms with E-state index in [0.29, 0.717) is 11.6 Å². The van der Waals surface area contributed by atoms with Gasteiger partial charge >= 0.3 is 0 Å². The van der Waals surface area contributed by atoms with Crippen LogP contribution in [0, 0.1) is 25.2 Å². The topological polar surface area (TPSA) is 52.8 Å². The SMILES string of the molecule is Cc1nnc(N2CCCC2C)c(C#N)c1C. The molecule has 0 aliphatic carbocycles. The minimum atomic E-state index is 0.462. The third-order valence-electron chi connectivity index (χ3n) is 3.37. The number of nitrogens with zero attached hydrogens (tertiary/aromatic N) is 4. The zero-order valence-electron chi connectivity index (χ0n) is 9.99. The molecule has 4 heteroatoms. The molecule has 0 radical (unpaired) electrons. The molecule has 1 aromatic heterocycles. The Morgan fingerprint density at radius 3 is 2.69 bits per heavy atom. The van der Waals surface area contributed by atoms with Crippen LogP contribution in [0.25, 0.3) is 0 Å². The Morgan fingerprint density at radius 2 is 2.12 bits per heavy atom. The monoisotopic (exact) mass is 216 g/mol. The predicted molar refractivity (Wildman–Crippen MR) is 62.3 cm³/mol. The molecule has 0 amide bonds. The van der Waals surface area contributed by atoms with Crippen molar-refractivity contribution >= 4 is 5.82 Å². The summed E-state index contributed by atoms with van der Waals surface area (Å²) in [4.78, 5) is 2.19. The van der Waals surface area contributed by atoms with Crippen LogP contribution < -0.4 is 4.90 Å². The van der Waals surface area contributed by atoms with Gasteiger partial charge in [0.05, 0.1) is 5.69 Å². The summed E-state index contributed by atoms with van der Waals surface area (Å²) >= 11 is 0. The first kappa shape index (κ1) is 10.9. The number of hydrogen-bond donors (Lipinski definition) is 0. The average Bonchev–Trinajstić information content (AvgIpc) is 2.68. The van der Waals surface area contributed by atoms with Crippen molar-refractivity contribution < 1.29 is 0 Å². The Bertz CT molecular complexity index is 447. The van der Waals surface area contributed by atoms with Crippen molar-refractivity contribution in [2.75, 3.05) is 11.4 Å². The number of rotatable bonds is 1. The third-order valence-corrected chi connectivity index (χ3v) is 3.37. The van der Waals surface area contributed by atoms with Crippen LogP contribution in [-0.2, 0) is 0 Å². The second-order valence-corrected chi connectivity index (χ2v) is 4.41. The van der Waals surface area contributed by atoms with Crippen LogP contribution in [0.15, 0.2) is 0 Å². The summed E-state index contributed by atoms with van der Waals surface area (Å²) in [5.41, 5.74) is 2.47. The van der Waals surface area contributed by atoms with Crippen molar-refractivity contribution in [1.29, 1.82) is 5.26 Å². The van der Waals surface area contributed by atoms with Gasteiger partial charge in [-0.15, -0.1) is 5.10 Å². The van der Waals surface area contributed by atoms with Crippen LogP contribution in [0.4, 0.5) is 5.82 Å². The molecule has 0 bridgehead atoms. The summed E-state index contributed by atoms with van der Waals surface area (Å²) in [6.07, 6.45) is 2.33. The van der Waals surface area contributed by atoms with E-state index >= 15 is 0 Å². The first-order chi connectivity index (χ1) is 7.65. The van der Waals surface area contributed by atoms with E-state index in [9.17, 15) is 5.26 Å². The maximum Gasteiger partial charge on any atom is 0.169 e. The van der Waals surface area contributed by atoms with Gasteiger partial charge in [-0.2, -0.15) is 10.4 Å². The van der Waals surface area contributed by atoms with E-state index in [1.807, 2.05) is 13.8 Å². The fraction of sp³-hybridized carbons (Fsp3) is 0.583. The Hall–Kier alpha value is -1.63. The molecule has 0 aromatic carbocycles. The maximum atomic E-state index is 9.23. The molecule has 1 aromatic rings. The van der Waals surface area contributed by atoms with E-state index in [-0.39, 0.29) is 0 Å². The molecule has 1 aliphatic rings. The van der Waals surface area contributed by atoms with Gasteiger partial charge in [-0.1, -0.05) is 0 Å². The van der Waals surface area contributed by atoms with E-state index in [1.54, 1.807) is 0 Å². The highest BCUT2D eigenvalue weighted by atomic mass is 15.3. The largest absolute Gasteiger partial charge is 0.351 e. The van der Waals surface area contributed by atoms with E-state index in [0.717, 1.165) is 23.6 Å². The summed E-state index contributed by atoms with van der Waals surface area (Å²) in [5, 5.41) is 17.5. The van der Waals surface area contributed by atoms with E-state index < -0.39 is 0 Å². The van der Waals surface area contributed by atoms with Crippen LogP contribution in [0.5, 0.6) is 0 Å². The summed E-state index contributed by atoms with van der Waals surface area (Å²) in [7, 11) is 0. The summed E-state index contributed by atoms with van der Waals surface area (Å²) in [6, 6.07) is 2.72. The van der Waals surface area contributed by atoms with Crippen molar-refractivity contribution in [2.24, 2.45) is 0 Å². The summed E-state index contributed by atoms with van der Waals surface area (Å²) in [6.45, 7) is 6.98. The molecule has 0 saturated carbocycles. The maximum absolute atomic E-state index is 9.23. The first-order valence-electron chi connectivity index (χ1n) is 5.65. The molecule has 16 heavy (non-hydrogen) atoms. The highest BCUT2D eigenvalue weighted by Gasteiger charge is 2.25. The Labute approximate surface area is 95.9 Å². The smallest absolute Gasteiger partial charge is 0.169 e. The first-order valence-corrected chi connectivity index (χ1v) is 5.65. The van der Waals surface area contributed by atoms with E-state index in [2.05, 4.69) is 28.1 Å². The summed E-state index contributed by atoms with van der Waals surface area (Å²) < 4.78 is 0. The number of hydrogen-bond acceptors (Lipinski definition) is 4. The minimum Gasteiger partial charge on any atom is -0.351 e. The van der Waals surface area contributed by atoms with Gasteiger partial charge in [-0.3, -0.25) is 0 Å². The van der Waals surface area contributed by atoms with E-state index in [4.69, 9.17) is 0 Å². The predicted octanol–water partition coefficient (Wildman–Crippen LogP) is 1.95. The highest BCUT2D eigenvalue weighted by Crippen LogP contribution is 2.27. The standard InChI is InChI=1S/C12H16N4/c1-8-5-4-6-16(8)12-11(7-13)9(2)10(3)14-15-12/h8H,4-6H2,1-3H3. The molecule has 1 aliphatic heterocycles. The fourth-order valence-corrected chi connectivity index (χ4v) is 2.18. The molecule has 4 nitrogen and oxygen atoms in total. The Kier molecular flexibility index (Phi) is 2.78. The molecule has 1 fully saturated rings. The normalized spacial score (nSPS) is 19.9. The molecule has 1 saturated heterocycles. The number of aryl methyl sites for hydroxylation is 1. The van der Waals surface area contributed by atoms with Gasteiger partial charge < -0.3 is 4.90 Å². The van der Waals surface area contributed by atoms with Crippen molar-refractivity contribution in [3.8, 4) is 6.07 Å². The molecular formula is C12H16N4. The lowest BCUT2D eigenvalue weighted by atomic mass is 10.1. The van der Waals surface area contributed by atoms with Crippen LogP contribution in [0.1, 0.15) is 36.6 Å². The van der Waals surface area contributed by atoms with Gasteiger partial charge in [0.15, 0.2) is 5.82 Å². The van der Waals surface area contributed by atoms with Crippen LogP contribution >= 0.6 is 0 Å².